The lowest BCUT2D eigenvalue weighted by atomic mass is 9.89. The van der Waals surface area contributed by atoms with E-state index in [2.05, 4.69) is 69.8 Å². The molecule has 1 fully saturated rings. The number of phosphoric acid groups is 1. The van der Waals surface area contributed by atoms with Crippen molar-refractivity contribution in [2.45, 2.75) is 91.8 Å². The smallest absolute Gasteiger partial charge is 0.330 e. The number of azide groups is 1. The van der Waals surface area contributed by atoms with Crippen molar-refractivity contribution in [3.05, 3.63) is 143 Å². The second-order valence-electron chi connectivity index (χ2n) is 20.8. The molecule has 4 aromatic rings. The summed E-state index contributed by atoms with van der Waals surface area (Å²) in [6, 6.07) is 21.9. The zero-order valence-corrected chi connectivity index (χ0v) is 52.5. The monoisotopic (exact) mass is 1280 g/mol. The van der Waals surface area contributed by atoms with E-state index in [9.17, 15) is 38.2 Å². The van der Waals surface area contributed by atoms with Gasteiger partial charge in [-0.3, -0.25) is 43.1 Å². The summed E-state index contributed by atoms with van der Waals surface area (Å²) in [4.78, 5) is 110. The van der Waals surface area contributed by atoms with Gasteiger partial charge in [0.2, 0.25) is 11.8 Å². The molecule has 4 amide bonds. The number of anilines is 1. The van der Waals surface area contributed by atoms with Crippen LogP contribution in [0.25, 0.3) is 43.9 Å². The van der Waals surface area contributed by atoms with Crippen molar-refractivity contribution in [3.8, 4) is 40.0 Å². The molecule has 3 unspecified atom stereocenters. The predicted molar refractivity (Wildman–Crippen MR) is 333 cm³/mol. The van der Waals surface area contributed by atoms with Crippen molar-refractivity contribution in [1.29, 1.82) is 0 Å². The van der Waals surface area contributed by atoms with E-state index in [4.69, 9.17) is 43.3 Å². The fourth-order valence-electron chi connectivity index (χ4n) is 9.89. The van der Waals surface area contributed by atoms with Gasteiger partial charge in [0.15, 0.2) is 12.5 Å². The van der Waals surface area contributed by atoms with E-state index in [-0.39, 0.29) is 81.0 Å². The average Bonchev–Trinajstić information content (AvgIpc) is 1.20. The summed E-state index contributed by atoms with van der Waals surface area (Å²) in [6.07, 6.45) is -3.16. The van der Waals surface area contributed by atoms with Crippen LogP contribution in [0.3, 0.4) is 0 Å². The fourth-order valence-corrected chi connectivity index (χ4v) is 10.2. The van der Waals surface area contributed by atoms with Crippen molar-refractivity contribution in [2.24, 2.45) is 10.1 Å². The summed E-state index contributed by atoms with van der Waals surface area (Å²) in [5.41, 5.74) is 14.2. The number of hydrogen-bond donors (Lipinski definition) is 6. The number of phosphoric ester groups is 1. The van der Waals surface area contributed by atoms with Crippen molar-refractivity contribution in [3.63, 3.8) is 0 Å². The van der Waals surface area contributed by atoms with Crippen molar-refractivity contribution >= 4 is 48.1 Å². The van der Waals surface area contributed by atoms with Crippen LogP contribution in [0.4, 0.5) is 5.69 Å². The number of aromatic amines is 1. The van der Waals surface area contributed by atoms with Crippen LogP contribution in [-0.2, 0) is 42.4 Å². The predicted octanol–water partition coefficient (Wildman–Crippen LogP) is 5.17. The van der Waals surface area contributed by atoms with Gasteiger partial charge in [0.1, 0.15) is 48.2 Å². The zero-order valence-electron chi connectivity index (χ0n) is 51.6. The van der Waals surface area contributed by atoms with Gasteiger partial charge in [-0.15, -0.1) is 0 Å². The number of nitrogens with zero attached hydrogens (tertiary/aromatic N) is 6. The highest BCUT2D eigenvalue weighted by Gasteiger charge is 2.39. The number of H-pyrrole nitrogens is 1. The minimum Gasteiger partial charge on any atom is -0.756 e. The molecule has 3 heterocycles. The van der Waals surface area contributed by atoms with Gasteiger partial charge >= 0.3 is 5.69 Å². The lowest BCUT2D eigenvalue weighted by molar-refractivity contribution is -0.224. The highest BCUT2D eigenvalue weighted by atomic mass is 31.2. The number of aryl methyl sites for hydroxylation is 2. The molecule has 29 heteroatoms. The molecule has 0 radical (unpaired) electrons. The van der Waals surface area contributed by atoms with Crippen LogP contribution in [-0.4, -0.2) is 154 Å². The van der Waals surface area contributed by atoms with Crippen LogP contribution >= 0.6 is 7.82 Å². The molecular formula is C62H75N11O17P-. The van der Waals surface area contributed by atoms with Crippen LogP contribution in [0.5, 0.6) is 5.75 Å². The Morgan fingerprint density at radius 2 is 1.77 bits per heavy atom. The standard InChI is InChI=1S/C62H76N11O17P/c1-8-64-48-31-50-46(28-38(48)4)58(47-29-39(5)49(65-9-2)32-51(47)89-50)44-19-11-12-20-45(44)61(78)72(7)25-15-21-54(74)67-23-24-68-59(76)41-16-13-18-43(30-41)86-37-56(70-71-63)85-27-26-83-36-55(75)66-22-14-17-42-34-73(62(79)69-60(42)77)57-33-52(88-40(6)84-10-3)53(90-57)35-87-91(80,81)82/h11-13,16,18-20,28-32,34,40,52-53,56-57,64H,8-10,15,21-27,33,35-37H2,1-7H3,(H,66,75)(H,67,74)(H,68,76)(H,69,77,79)(H2,80,81,82)/p-1/t40-,52?,53-,56?,57-/m1/s1. The number of rotatable bonds is 32. The Hall–Kier alpha value is -8.71. The number of benzene rings is 4. The molecule has 91 heavy (non-hydrogen) atoms. The Kier molecular flexibility index (Phi) is 26.0. The summed E-state index contributed by atoms with van der Waals surface area (Å²) >= 11 is 0. The molecule has 1 aliphatic carbocycles. The minimum absolute atomic E-state index is 0.000114. The molecule has 0 bridgehead atoms. The van der Waals surface area contributed by atoms with E-state index in [1.165, 1.54) is 6.07 Å². The van der Waals surface area contributed by atoms with Gasteiger partial charge in [0.25, 0.3) is 25.2 Å². The largest absolute Gasteiger partial charge is 0.756 e. The first-order chi connectivity index (χ1) is 43.7. The topological polar surface area (TPSA) is 374 Å². The van der Waals surface area contributed by atoms with Crippen molar-refractivity contribution < 1.29 is 70.9 Å². The second-order valence-corrected chi connectivity index (χ2v) is 22.0. The Labute approximate surface area is 524 Å². The number of carbonyl (C=O) groups excluding carboxylic acids is 4. The maximum absolute atomic E-state index is 14.3. The number of hydrogen-bond acceptors (Lipinski definition) is 19. The summed E-state index contributed by atoms with van der Waals surface area (Å²) in [5.74, 6) is 4.67. The number of amides is 4. The lowest BCUT2D eigenvalue weighted by Crippen LogP contribution is -2.35. The first-order valence-electron chi connectivity index (χ1n) is 29.5. The van der Waals surface area contributed by atoms with Crippen LogP contribution in [0, 0.1) is 25.7 Å². The highest BCUT2D eigenvalue weighted by molar-refractivity contribution is 7.44. The number of carbonyl (C=O) groups is 4. The van der Waals surface area contributed by atoms with E-state index in [1.54, 1.807) is 44.0 Å². The van der Waals surface area contributed by atoms with Gasteiger partial charge in [-0.2, -0.15) is 0 Å². The fraction of sp³-hybridized carbons (Fsp3) is 0.435. The molecular weight excluding hydrogens is 1200 g/mol. The number of ether oxygens (including phenoxy) is 6. The SMILES string of the molecule is CCN=c1cc2oc3cc(NCC)c(C)cc3c(-c3ccccc3C(=O)N(C)CCCC(=O)NCCNC(=O)c3cccc(OCC(N=[N+]=[N-])OCCOCC(=O)NCC#Cc4cn([C@H]5CC(O[C@H](C)OCC)[C@@H](COP(=O)([O-])O)O5)c(=O)[nH]c4=O)c3)c-2cc1C. The van der Waals surface area contributed by atoms with Gasteiger partial charge in [-0.1, -0.05) is 41.2 Å². The summed E-state index contributed by atoms with van der Waals surface area (Å²) in [6.45, 7) is 12.0. The number of fused-ring (bicyclic) bond motifs is 2. The Morgan fingerprint density at radius 1 is 0.978 bits per heavy atom. The van der Waals surface area contributed by atoms with Crippen LogP contribution < -0.4 is 47.5 Å². The average molecular weight is 1280 g/mol. The Morgan fingerprint density at radius 3 is 2.53 bits per heavy atom. The van der Waals surface area contributed by atoms with Crippen molar-refractivity contribution in [1.82, 2.24) is 30.4 Å². The molecule has 3 aromatic carbocycles. The van der Waals surface area contributed by atoms with Gasteiger partial charge < -0.3 is 73.3 Å². The molecule has 3 aliphatic rings. The van der Waals surface area contributed by atoms with Gasteiger partial charge in [-0.25, -0.2) is 4.79 Å². The molecule has 0 saturated carbocycles. The lowest BCUT2D eigenvalue weighted by Gasteiger charge is -2.24. The third kappa shape index (κ3) is 20.1. The molecule has 7 rings (SSSR count). The minimum atomic E-state index is -5.12. The van der Waals surface area contributed by atoms with Crippen LogP contribution in [0.2, 0.25) is 0 Å². The maximum Gasteiger partial charge on any atom is 0.330 e. The normalized spacial score (nSPS) is 16.0. The molecule has 486 valence electrons. The Balaban J connectivity index is 0.806. The molecule has 0 spiro atoms. The van der Waals surface area contributed by atoms with E-state index >= 15 is 0 Å². The van der Waals surface area contributed by atoms with E-state index in [1.807, 2.05) is 64.1 Å². The summed E-state index contributed by atoms with van der Waals surface area (Å²) in [7, 11) is -3.40. The Bertz CT molecular complexity index is 3870. The number of aromatic nitrogens is 2. The van der Waals surface area contributed by atoms with E-state index < -0.39 is 75.1 Å². The van der Waals surface area contributed by atoms with Gasteiger partial charge in [-0.05, 0) is 107 Å². The van der Waals surface area contributed by atoms with Gasteiger partial charge in [0.05, 0.1) is 37.8 Å². The number of nitrogens with one attached hydrogen (secondary N) is 5. The first kappa shape index (κ1) is 69.8. The molecule has 1 saturated heterocycles. The van der Waals surface area contributed by atoms with E-state index in [0.29, 0.717) is 43.0 Å². The molecule has 2 aliphatic heterocycles. The quantitative estimate of drug-likeness (QED) is 0.00463. The third-order valence-electron chi connectivity index (χ3n) is 14.1. The molecule has 28 nitrogen and oxygen atoms in total. The second kappa shape index (κ2) is 33.9. The molecule has 6 atom stereocenters. The van der Waals surface area contributed by atoms with Crippen molar-refractivity contribution in [2.75, 3.05) is 91.3 Å². The van der Waals surface area contributed by atoms with E-state index in [0.717, 1.165) is 61.6 Å². The third-order valence-corrected chi connectivity index (χ3v) is 14.6. The first-order valence-corrected chi connectivity index (χ1v) is 31.0. The molecule has 6 N–H and O–H groups in total. The zero-order chi connectivity index (χ0) is 65.6. The maximum atomic E-state index is 14.3. The van der Waals surface area contributed by atoms with Crippen LogP contribution in [0.1, 0.15) is 90.6 Å². The highest BCUT2D eigenvalue weighted by Crippen LogP contribution is 2.43. The molecule has 1 aromatic heterocycles. The summed E-state index contributed by atoms with van der Waals surface area (Å²) in [5, 5.41) is 16.8. The summed E-state index contributed by atoms with van der Waals surface area (Å²) < 4.78 is 57.1. The van der Waals surface area contributed by atoms with Gasteiger partial charge in [0, 0.05) is 116 Å². The van der Waals surface area contributed by atoms with Crippen LogP contribution in [0.15, 0.2) is 103 Å².